The predicted molar refractivity (Wildman–Crippen MR) is 126 cm³/mol. The number of morpholine rings is 1. The standard InChI is InChI=1S/C25H26N4O4/c30-21-3-1-2-20(16-21)27-24-15-19(6-7-26-24)18-4-5-23-22(14-18)29(25(31)17-33-23)9-8-28-10-12-32-13-11-28/h1-7,14-16,30H,8-13,17H2,(H,26,27). The third-order valence-electron chi connectivity index (χ3n) is 5.86. The van der Waals surface area contributed by atoms with Crippen molar-refractivity contribution in [1.29, 1.82) is 0 Å². The fraction of sp³-hybridized carbons (Fsp3) is 0.280. The fourth-order valence-electron chi connectivity index (χ4n) is 4.10. The number of anilines is 3. The Bertz CT molecular complexity index is 1150. The molecule has 2 aromatic carbocycles. The van der Waals surface area contributed by atoms with Crippen molar-refractivity contribution >= 4 is 23.1 Å². The van der Waals surface area contributed by atoms with Gasteiger partial charge >= 0.3 is 0 Å². The molecule has 8 nitrogen and oxygen atoms in total. The van der Waals surface area contributed by atoms with E-state index in [1.807, 2.05) is 41.3 Å². The van der Waals surface area contributed by atoms with Crippen LogP contribution in [-0.4, -0.2) is 66.9 Å². The SMILES string of the molecule is O=C1COc2ccc(-c3ccnc(Nc4cccc(O)c4)c3)cc2N1CCN1CCOCC1. The van der Waals surface area contributed by atoms with Crippen molar-refractivity contribution in [2.75, 3.05) is 56.2 Å². The minimum Gasteiger partial charge on any atom is -0.508 e. The highest BCUT2D eigenvalue weighted by molar-refractivity contribution is 5.98. The number of phenols is 1. The van der Waals surface area contributed by atoms with Crippen molar-refractivity contribution in [2.24, 2.45) is 0 Å². The highest BCUT2D eigenvalue weighted by atomic mass is 16.5. The average Bonchev–Trinajstić information content (AvgIpc) is 2.84. The van der Waals surface area contributed by atoms with Crippen molar-refractivity contribution in [2.45, 2.75) is 0 Å². The summed E-state index contributed by atoms with van der Waals surface area (Å²) < 4.78 is 11.1. The van der Waals surface area contributed by atoms with Crippen LogP contribution < -0.4 is 15.0 Å². The number of nitrogens with one attached hydrogen (secondary N) is 1. The Morgan fingerprint density at radius 3 is 2.70 bits per heavy atom. The number of carbonyl (C=O) groups excluding carboxylic acids is 1. The lowest BCUT2D eigenvalue weighted by atomic mass is 10.0. The summed E-state index contributed by atoms with van der Waals surface area (Å²) >= 11 is 0. The molecule has 0 unspecified atom stereocenters. The van der Waals surface area contributed by atoms with E-state index in [1.54, 1.807) is 24.4 Å². The Labute approximate surface area is 192 Å². The van der Waals surface area contributed by atoms with E-state index < -0.39 is 0 Å². The Morgan fingerprint density at radius 2 is 1.85 bits per heavy atom. The molecule has 5 rings (SSSR count). The maximum atomic E-state index is 12.7. The monoisotopic (exact) mass is 446 g/mol. The molecule has 33 heavy (non-hydrogen) atoms. The minimum absolute atomic E-state index is 0.0334. The number of hydrogen-bond acceptors (Lipinski definition) is 7. The first-order valence-electron chi connectivity index (χ1n) is 11.1. The number of rotatable bonds is 6. The molecule has 3 heterocycles. The highest BCUT2D eigenvalue weighted by Gasteiger charge is 2.26. The van der Waals surface area contributed by atoms with E-state index in [9.17, 15) is 9.90 Å². The van der Waals surface area contributed by atoms with Gasteiger partial charge in [-0.25, -0.2) is 4.98 Å². The molecule has 1 saturated heterocycles. The van der Waals surface area contributed by atoms with Crippen LogP contribution in [0.15, 0.2) is 60.8 Å². The number of carbonyl (C=O) groups is 1. The predicted octanol–water partition coefficient (Wildman–Crippen LogP) is 3.26. The average molecular weight is 447 g/mol. The van der Waals surface area contributed by atoms with Gasteiger partial charge in [0.1, 0.15) is 17.3 Å². The second kappa shape index (κ2) is 9.48. The van der Waals surface area contributed by atoms with Crippen molar-refractivity contribution in [3.8, 4) is 22.6 Å². The summed E-state index contributed by atoms with van der Waals surface area (Å²) in [6, 6.07) is 16.7. The van der Waals surface area contributed by atoms with E-state index >= 15 is 0 Å². The van der Waals surface area contributed by atoms with Crippen LogP contribution in [-0.2, 0) is 9.53 Å². The molecule has 0 bridgehead atoms. The summed E-state index contributed by atoms with van der Waals surface area (Å²) in [5.74, 6) is 1.53. The van der Waals surface area contributed by atoms with Crippen LogP contribution in [0.25, 0.3) is 11.1 Å². The molecule has 0 aliphatic carbocycles. The van der Waals surface area contributed by atoms with Crippen molar-refractivity contribution < 1.29 is 19.4 Å². The summed E-state index contributed by atoms with van der Waals surface area (Å²) in [6.07, 6.45) is 1.73. The van der Waals surface area contributed by atoms with Gasteiger partial charge in [-0.15, -0.1) is 0 Å². The number of pyridine rings is 1. The number of phenolic OH excluding ortho intramolecular Hbond substituents is 1. The summed E-state index contributed by atoms with van der Waals surface area (Å²) in [6.45, 7) is 4.71. The van der Waals surface area contributed by atoms with E-state index in [1.165, 1.54) is 0 Å². The fourth-order valence-corrected chi connectivity index (χ4v) is 4.10. The van der Waals surface area contributed by atoms with Gasteiger partial charge in [-0.2, -0.15) is 0 Å². The van der Waals surface area contributed by atoms with Crippen LogP contribution in [0, 0.1) is 0 Å². The number of aromatic hydroxyl groups is 1. The van der Waals surface area contributed by atoms with Gasteiger partial charge in [-0.05, 0) is 47.5 Å². The molecule has 1 aromatic heterocycles. The number of benzene rings is 2. The summed E-state index contributed by atoms with van der Waals surface area (Å²) in [4.78, 5) is 21.2. The van der Waals surface area contributed by atoms with E-state index in [0.717, 1.165) is 55.3 Å². The largest absolute Gasteiger partial charge is 0.508 e. The molecule has 3 aromatic rings. The lowest BCUT2D eigenvalue weighted by Crippen LogP contribution is -2.45. The first kappa shape index (κ1) is 21.2. The third-order valence-corrected chi connectivity index (χ3v) is 5.86. The zero-order chi connectivity index (χ0) is 22.6. The maximum Gasteiger partial charge on any atom is 0.265 e. The number of hydrogen-bond donors (Lipinski definition) is 2. The molecule has 2 aliphatic rings. The van der Waals surface area contributed by atoms with E-state index in [0.29, 0.717) is 18.1 Å². The number of fused-ring (bicyclic) bond motifs is 1. The molecule has 0 radical (unpaired) electrons. The molecular formula is C25H26N4O4. The molecule has 170 valence electrons. The second-order valence-electron chi connectivity index (χ2n) is 8.08. The quantitative estimate of drug-likeness (QED) is 0.601. The molecule has 0 spiro atoms. The van der Waals surface area contributed by atoms with Gasteiger partial charge < -0.3 is 24.8 Å². The van der Waals surface area contributed by atoms with Gasteiger partial charge in [0.15, 0.2) is 6.61 Å². The molecule has 1 amide bonds. The molecule has 0 atom stereocenters. The van der Waals surface area contributed by atoms with Gasteiger partial charge in [0, 0.05) is 44.1 Å². The highest BCUT2D eigenvalue weighted by Crippen LogP contribution is 2.36. The third kappa shape index (κ3) is 4.92. The normalized spacial score (nSPS) is 16.2. The lowest BCUT2D eigenvalue weighted by Gasteiger charge is -2.33. The summed E-state index contributed by atoms with van der Waals surface area (Å²) in [7, 11) is 0. The van der Waals surface area contributed by atoms with E-state index in [2.05, 4.69) is 15.2 Å². The topological polar surface area (TPSA) is 87.2 Å². The van der Waals surface area contributed by atoms with E-state index in [4.69, 9.17) is 9.47 Å². The number of amides is 1. The molecular weight excluding hydrogens is 420 g/mol. The first-order valence-corrected chi connectivity index (χ1v) is 11.1. The molecule has 2 aliphatic heterocycles. The van der Waals surface area contributed by atoms with Crippen molar-refractivity contribution in [3.05, 3.63) is 60.8 Å². The number of ether oxygens (including phenoxy) is 2. The summed E-state index contributed by atoms with van der Waals surface area (Å²) in [5, 5.41) is 12.9. The molecule has 0 saturated carbocycles. The maximum absolute atomic E-state index is 12.7. The van der Waals surface area contributed by atoms with Gasteiger partial charge in [-0.3, -0.25) is 9.69 Å². The van der Waals surface area contributed by atoms with Crippen molar-refractivity contribution in [1.82, 2.24) is 9.88 Å². The number of nitrogens with zero attached hydrogens (tertiary/aromatic N) is 3. The molecule has 8 heteroatoms. The van der Waals surface area contributed by atoms with Crippen LogP contribution in [0.4, 0.5) is 17.2 Å². The Morgan fingerprint density at radius 1 is 1.00 bits per heavy atom. The van der Waals surface area contributed by atoms with Gasteiger partial charge in [0.05, 0.1) is 18.9 Å². The zero-order valence-electron chi connectivity index (χ0n) is 18.2. The summed E-state index contributed by atoms with van der Waals surface area (Å²) in [5.41, 5.74) is 3.46. The van der Waals surface area contributed by atoms with Crippen LogP contribution in [0.2, 0.25) is 0 Å². The zero-order valence-corrected chi connectivity index (χ0v) is 18.2. The van der Waals surface area contributed by atoms with Crippen LogP contribution in [0.5, 0.6) is 11.5 Å². The first-order chi connectivity index (χ1) is 16.2. The van der Waals surface area contributed by atoms with Gasteiger partial charge in [-0.1, -0.05) is 12.1 Å². The van der Waals surface area contributed by atoms with Gasteiger partial charge in [0.25, 0.3) is 5.91 Å². The smallest absolute Gasteiger partial charge is 0.265 e. The van der Waals surface area contributed by atoms with E-state index in [-0.39, 0.29) is 18.3 Å². The lowest BCUT2D eigenvalue weighted by molar-refractivity contribution is -0.121. The second-order valence-corrected chi connectivity index (χ2v) is 8.08. The number of aromatic nitrogens is 1. The van der Waals surface area contributed by atoms with Crippen LogP contribution in [0.3, 0.4) is 0 Å². The Hall–Kier alpha value is -3.62. The minimum atomic E-state index is -0.0334. The van der Waals surface area contributed by atoms with Gasteiger partial charge in [0.2, 0.25) is 0 Å². The molecule has 2 N–H and O–H groups in total. The van der Waals surface area contributed by atoms with Crippen LogP contribution >= 0.6 is 0 Å². The molecule has 1 fully saturated rings. The Balaban J connectivity index is 1.38. The van der Waals surface area contributed by atoms with Crippen molar-refractivity contribution in [3.63, 3.8) is 0 Å². The van der Waals surface area contributed by atoms with Crippen LogP contribution in [0.1, 0.15) is 0 Å². The Kier molecular flexibility index (Phi) is 6.10.